The topological polar surface area (TPSA) is 49.8 Å². The smallest absolute Gasteiger partial charge is 0.412 e. The molecule has 1 aliphatic heterocycles. The van der Waals surface area contributed by atoms with Crippen molar-refractivity contribution in [3.63, 3.8) is 0 Å². The Morgan fingerprint density at radius 1 is 1.40 bits per heavy atom. The molecule has 0 saturated carbocycles. The standard InChI is InChI=1S/C11H13NO3/c1-8-10(13)15-11(14)12(8)7-9-5-3-2-4-6-9/h2-6,8,10,13H,7H2,1H3/t8-,10?/m1/s1. The van der Waals surface area contributed by atoms with E-state index in [0.717, 1.165) is 5.56 Å². The second-order valence-electron chi connectivity index (χ2n) is 3.63. The van der Waals surface area contributed by atoms with Crippen LogP contribution >= 0.6 is 0 Å². The summed E-state index contributed by atoms with van der Waals surface area (Å²) in [6.07, 6.45) is -1.47. The van der Waals surface area contributed by atoms with Crippen LogP contribution in [-0.4, -0.2) is 28.4 Å². The third-order valence-corrected chi connectivity index (χ3v) is 2.56. The van der Waals surface area contributed by atoms with Gasteiger partial charge in [0, 0.05) is 6.54 Å². The summed E-state index contributed by atoms with van der Waals surface area (Å²) in [5.74, 6) is 0. The number of hydrogen-bond donors (Lipinski definition) is 1. The van der Waals surface area contributed by atoms with E-state index in [4.69, 9.17) is 4.74 Å². The van der Waals surface area contributed by atoms with Crippen LogP contribution in [0.5, 0.6) is 0 Å². The summed E-state index contributed by atoms with van der Waals surface area (Å²) in [6.45, 7) is 2.23. The zero-order valence-corrected chi connectivity index (χ0v) is 8.46. The van der Waals surface area contributed by atoms with Crippen molar-refractivity contribution >= 4 is 6.09 Å². The van der Waals surface area contributed by atoms with Crippen LogP contribution in [-0.2, 0) is 11.3 Å². The Labute approximate surface area is 88.1 Å². The molecule has 15 heavy (non-hydrogen) atoms. The molecule has 1 aromatic rings. The lowest BCUT2D eigenvalue weighted by atomic mass is 10.2. The molecule has 4 heteroatoms. The highest BCUT2D eigenvalue weighted by molar-refractivity contribution is 5.70. The first-order chi connectivity index (χ1) is 7.18. The summed E-state index contributed by atoms with van der Waals surface area (Å²) in [6, 6.07) is 9.33. The van der Waals surface area contributed by atoms with E-state index < -0.39 is 12.4 Å². The van der Waals surface area contributed by atoms with Crippen LogP contribution in [0.1, 0.15) is 12.5 Å². The van der Waals surface area contributed by atoms with Crippen molar-refractivity contribution in [1.82, 2.24) is 4.90 Å². The quantitative estimate of drug-likeness (QED) is 0.796. The molecule has 1 unspecified atom stereocenters. The molecule has 80 valence electrons. The molecule has 2 atom stereocenters. The van der Waals surface area contributed by atoms with Gasteiger partial charge in [-0.15, -0.1) is 0 Å². The molecule has 0 spiro atoms. The van der Waals surface area contributed by atoms with Gasteiger partial charge in [-0.25, -0.2) is 4.79 Å². The molecule has 4 nitrogen and oxygen atoms in total. The fourth-order valence-corrected chi connectivity index (χ4v) is 1.58. The van der Waals surface area contributed by atoms with Crippen LogP contribution in [0.25, 0.3) is 0 Å². The van der Waals surface area contributed by atoms with Crippen LogP contribution in [0.15, 0.2) is 30.3 Å². The zero-order valence-electron chi connectivity index (χ0n) is 8.46. The van der Waals surface area contributed by atoms with Crippen molar-refractivity contribution in [1.29, 1.82) is 0 Å². The molecule has 1 aliphatic rings. The van der Waals surface area contributed by atoms with Gasteiger partial charge in [0.25, 0.3) is 0 Å². The van der Waals surface area contributed by atoms with Gasteiger partial charge in [0.2, 0.25) is 6.29 Å². The highest BCUT2D eigenvalue weighted by Crippen LogP contribution is 2.19. The van der Waals surface area contributed by atoms with Gasteiger partial charge in [-0.1, -0.05) is 30.3 Å². The van der Waals surface area contributed by atoms with Crippen LogP contribution in [0.3, 0.4) is 0 Å². The molecule has 1 aromatic carbocycles. The van der Waals surface area contributed by atoms with Crippen LogP contribution in [0, 0.1) is 0 Å². The zero-order chi connectivity index (χ0) is 10.8. The average molecular weight is 207 g/mol. The second-order valence-corrected chi connectivity index (χ2v) is 3.63. The summed E-state index contributed by atoms with van der Waals surface area (Å²) < 4.78 is 4.70. The molecule has 0 aliphatic carbocycles. The Bertz CT molecular complexity index is 352. The Morgan fingerprint density at radius 2 is 2.07 bits per heavy atom. The number of amides is 1. The Morgan fingerprint density at radius 3 is 2.60 bits per heavy atom. The van der Waals surface area contributed by atoms with Gasteiger partial charge in [-0.2, -0.15) is 0 Å². The summed E-state index contributed by atoms with van der Waals surface area (Å²) >= 11 is 0. The van der Waals surface area contributed by atoms with Gasteiger partial charge in [-0.3, -0.25) is 4.90 Å². The number of carbonyl (C=O) groups excluding carboxylic acids is 1. The molecule has 0 bridgehead atoms. The minimum atomic E-state index is -1.01. The number of ether oxygens (including phenoxy) is 1. The normalized spacial score (nSPS) is 25.5. The number of aliphatic hydroxyl groups is 1. The molecule has 0 aromatic heterocycles. The van der Waals surface area contributed by atoms with Gasteiger partial charge in [0.05, 0.1) is 6.04 Å². The van der Waals surface area contributed by atoms with E-state index in [0.29, 0.717) is 6.54 Å². The first-order valence-corrected chi connectivity index (χ1v) is 4.88. The van der Waals surface area contributed by atoms with E-state index in [9.17, 15) is 9.90 Å². The minimum Gasteiger partial charge on any atom is -0.417 e. The average Bonchev–Trinajstić information content (AvgIpc) is 2.47. The van der Waals surface area contributed by atoms with E-state index in [1.807, 2.05) is 30.3 Å². The van der Waals surface area contributed by atoms with Crippen LogP contribution in [0.4, 0.5) is 4.79 Å². The van der Waals surface area contributed by atoms with Crippen molar-refractivity contribution < 1.29 is 14.6 Å². The minimum absolute atomic E-state index is 0.294. The molecule has 1 heterocycles. The van der Waals surface area contributed by atoms with Crippen LogP contribution < -0.4 is 0 Å². The number of rotatable bonds is 2. The summed E-state index contributed by atoms with van der Waals surface area (Å²) in [4.78, 5) is 12.9. The molecule has 1 saturated heterocycles. The van der Waals surface area contributed by atoms with E-state index in [-0.39, 0.29) is 6.04 Å². The Balaban J connectivity index is 2.09. The fraction of sp³-hybridized carbons (Fsp3) is 0.364. The molecule has 1 N–H and O–H groups in total. The van der Waals surface area contributed by atoms with Crippen molar-refractivity contribution in [3.05, 3.63) is 35.9 Å². The first-order valence-electron chi connectivity index (χ1n) is 4.88. The lowest BCUT2D eigenvalue weighted by molar-refractivity contribution is -0.0346. The van der Waals surface area contributed by atoms with E-state index in [1.54, 1.807) is 6.92 Å². The summed E-state index contributed by atoms with van der Waals surface area (Å²) in [7, 11) is 0. The molecule has 1 fully saturated rings. The number of aliphatic hydroxyl groups excluding tert-OH is 1. The van der Waals surface area contributed by atoms with Gasteiger partial charge >= 0.3 is 6.09 Å². The molecule has 1 amide bonds. The molecule has 0 radical (unpaired) electrons. The largest absolute Gasteiger partial charge is 0.417 e. The second kappa shape index (κ2) is 3.90. The molecular formula is C11H13NO3. The van der Waals surface area contributed by atoms with Crippen LogP contribution in [0.2, 0.25) is 0 Å². The monoisotopic (exact) mass is 207 g/mol. The summed E-state index contributed by atoms with van der Waals surface area (Å²) in [5.41, 5.74) is 1.02. The van der Waals surface area contributed by atoms with Crippen molar-refractivity contribution in [2.75, 3.05) is 0 Å². The predicted molar refractivity (Wildman–Crippen MR) is 53.9 cm³/mol. The van der Waals surface area contributed by atoms with Crippen molar-refractivity contribution in [3.8, 4) is 0 Å². The number of hydrogen-bond acceptors (Lipinski definition) is 3. The number of nitrogens with zero attached hydrogens (tertiary/aromatic N) is 1. The number of benzene rings is 1. The van der Waals surface area contributed by atoms with E-state index in [2.05, 4.69) is 0 Å². The van der Waals surface area contributed by atoms with Gasteiger partial charge in [-0.05, 0) is 12.5 Å². The maximum Gasteiger partial charge on any atom is 0.412 e. The predicted octanol–water partition coefficient (Wildman–Crippen LogP) is 1.35. The van der Waals surface area contributed by atoms with E-state index >= 15 is 0 Å². The third kappa shape index (κ3) is 1.94. The van der Waals surface area contributed by atoms with Gasteiger partial charge in [0.15, 0.2) is 0 Å². The highest BCUT2D eigenvalue weighted by Gasteiger charge is 2.37. The fourth-order valence-electron chi connectivity index (χ4n) is 1.58. The van der Waals surface area contributed by atoms with Gasteiger partial charge < -0.3 is 9.84 Å². The Hall–Kier alpha value is -1.55. The maximum atomic E-state index is 11.3. The SMILES string of the molecule is C[C@@H]1C(O)OC(=O)N1Cc1ccccc1. The van der Waals surface area contributed by atoms with Crippen molar-refractivity contribution in [2.45, 2.75) is 25.8 Å². The lowest BCUT2D eigenvalue weighted by Crippen LogP contribution is -2.33. The van der Waals surface area contributed by atoms with E-state index in [1.165, 1.54) is 4.90 Å². The van der Waals surface area contributed by atoms with Gasteiger partial charge in [0.1, 0.15) is 0 Å². The molecular weight excluding hydrogens is 194 g/mol. The maximum absolute atomic E-state index is 11.3. The first kappa shape index (κ1) is 9.98. The summed E-state index contributed by atoms with van der Waals surface area (Å²) in [5, 5.41) is 9.33. The lowest BCUT2D eigenvalue weighted by Gasteiger charge is -2.18. The highest BCUT2D eigenvalue weighted by atomic mass is 16.7. The van der Waals surface area contributed by atoms with Crippen molar-refractivity contribution in [2.24, 2.45) is 0 Å². The number of cyclic esters (lactones) is 1. The number of carbonyl (C=O) groups is 1. The third-order valence-electron chi connectivity index (χ3n) is 2.56. The Kier molecular flexibility index (Phi) is 2.60. The molecule has 2 rings (SSSR count).